The van der Waals surface area contributed by atoms with Gasteiger partial charge in [0, 0.05) is 28.0 Å². The molecule has 152 valence electrons. The minimum atomic E-state index is -0.229. The first-order valence-electron chi connectivity index (χ1n) is 9.56. The molecule has 1 aliphatic rings. The Kier molecular flexibility index (Phi) is 6.20. The van der Waals surface area contributed by atoms with Crippen molar-refractivity contribution in [1.82, 2.24) is 4.90 Å². The molecule has 0 spiro atoms. The van der Waals surface area contributed by atoms with Gasteiger partial charge in [-0.25, -0.2) is 0 Å². The minimum Gasteiger partial charge on any atom is -0.459 e. The molecule has 29 heavy (non-hydrogen) atoms. The van der Waals surface area contributed by atoms with Crippen LogP contribution < -0.4 is 5.32 Å². The van der Waals surface area contributed by atoms with Gasteiger partial charge in [-0.1, -0.05) is 28.1 Å². The molecule has 1 unspecified atom stereocenters. The van der Waals surface area contributed by atoms with Gasteiger partial charge in [-0.3, -0.25) is 9.69 Å². The fourth-order valence-corrected chi connectivity index (χ4v) is 5.22. The fraction of sp³-hybridized carbons (Fsp3) is 0.318. The quantitative estimate of drug-likeness (QED) is 0.538. The van der Waals surface area contributed by atoms with Crippen LogP contribution in [0, 0.1) is 13.8 Å². The van der Waals surface area contributed by atoms with Crippen LogP contribution in [-0.4, -0.2) is 37.1 Å². The summed E-state index contributed by atoms with van der Waals surface area (Å²) in [4.78, 5) is 16.3. The Morgan fingerprint density at radius 2 is 2.00 bits per heavy atom. The van der Waals surface area contributed by atoms with Crippen molar-refractivity contribution in [3.63, 3.8) is 0 Å². The number of carbonyl (C=O) groups excluding carboxylic acids is 1. The average molecular weight is 475 g/mol. The van der Waals surface area contributed by atoms with E-state index in [9.17, 15) is 4.79 Å². The summed E-state index contributed by atoms with van der Waals surface area (Å²) in [6.45, 7) is 7.34. The van der Waals surface area contributed by atoms with Crippen LogP contribution in [0.2, 0.25) is 0 Å². The summed E-state index contributed by atoms with van der Waals surface area (Å²) in [5, 5.41) is 3.97. The molecule has 3 aromatic rings. The number of ether oxygens (including phenoxy) is 1. The van der Waals surface area contributed by atoms with Crippen molar-refractivity contribution in [2.75, 3.05) is 31.6 Å². The summed E-state index contributed by atoms with van der Waals surface area (Å²) < 4.78 is 11.9. The van der Waals surface area contributed by atoms with E-state index in [4.69, 9.17) is 9.15 Å². The zero-order chi connectivity index (χ0) is 20.4. The number of morpholine rings is 1. The lowest BCUT2D eigenvalue weighted by atomic mass is 9.94. The number of nitrogens with one attached hydrogen (secondary N) is 1. The third kappa shape index (κ3) is 4.33. The highest BCUT2D eigenvalue weighted by Crippen LogP contribution is 2.43. The molecule has 1 atom stereocenters. The van der Waals surface area contributed by atoms with Crippen molar-refractivity contribution in [3.05, 3.63) is 74.5 Å². The Morgan fingerprint density at radius 3 is 2.69 bits per heavy atom. The van der Waals surface area contributed by atoms with E-state index < -0.39 is 0 Å². The predicted molar refractivity (Wildman–Crippen MR) is 119 cm³/mol. The second kappa shape index (κ2) is 8.83. The van der Waals surface area contributed by atoms with Crippen LogP contribution in [-0.2, 0) is 4.74 Å². The third-order valence-electron chi connectivity index (χ3n) is 5.25. The van der Waals surface area contributed by atoms with Gasteiger partial charge >= 0.3 is 0 Å². The molecule has 0 radical (unpaired) electrons. The van der Waals surface area contributed by atoms with Crippen LogP contribution in [0.15, 0.2) is 51.6 Å². The van der Waals surface area contributed by atoms with Gasteiger partial charge in [-0.05, 0) is 49.2 Å². The normalized spacial score (nSPS) is 16.0. The van der Waals surface area contributed by atoms with E-state index in [0.29, 0.717) is 19.0 Å². The number of carbonyl (C=O) groups is 1. The molecule has 4 rings (SSSR count). The summed E-state index contributed by atoms with van der Waals surface area (Å²) in [7, 11) is 0. The standard InChI is InChI=1S/C22H23BrN2O3S/c1-14-15(2)29-22(24-21(26)18-7-4-10-28-18)19(14)20(25-8-11-27-12-9-25)16-5-3-6-17(23)13-16/h3-7,10,13,20H,8-9,11-12H2,1-2H3,(H,24,26). The van der Waals surface area contributed by atoms with E-state index in [2.05, 4.69) is 58.2 Å². The molecular formula is C22H23BrN2O3S. The van der Waals surface area contributed by atoms with Crippen molar-refractivity contribution >= 4 is 38.2 Å². The number of rotatable bonds is 5. The minimum absolute atomic E-state index is 0.0354. The summed E-state index contributed by atoms with van der Waals surface area (Å²) in [6.07, 6.45) is 1.51. The number of hydrogen-bond acceptors (Lipinski definition) is 5. The molecule has 1 aliphatic heterocycles. The number of hydrogen-bond donors (Lipinski definition) is 1. The number of thiophene rings is 1. The Bertz CT molecular complexity index is 994. The Balaban J connectivity index is 1.78. The molecule has 1 aromatic carbocycles. The first-order chi connectivity index (χ1) is 14.0. The van der Waals surface area contributed by atoms with E-state index in [-0.39, 0.29) is 11.9 Å². The molecule has 1 saturated heterocycles. The van der Waals surface area contributed by atoms with E-state index >= 15 is 0 Å². The molecule has 3 heterocycles. The number of aryl methyl sites for hydroxylation is 1. The monoisotopic (exact) mass is 474 g/mol. The third-order valence-corrected chi connectivity index (χ3v) is 6.88. The van der Waals surface area contributed by atoms with E-state index in [1.54, 1.807) is 23.5 Å². The second-order valence-electron chi connectivity index (χ2n) is 7.06. The molecule has 2 aromatic heterocycles. The Morgan fingerprint density at radius 1 is 1.21 bits per heavy atom. The molecule has 5 nitrogen and oxygen atoms in total. The van der Waals surface area contributed by atoms with E-state index in [0.717, 1.165) is 28.1 Å². The molecule has 7 heteroatoms. The average Bonchev–Trinajstić information content (AvgIpc) is 3.34. The summed E-state index contributed by atoms with van der Waals surface area (Å²) in [5.41, 5.74) is 3.55. The predicted octanol–water partition coefficient (Wildman–Crippen LogP) is 5.39. The van der Waals surface area contributed by atoms with E-state index in [1.165, 1.54) is 22.3 Å². The zero-order valence-corrected chi connectivity index (χ0v) is 18.8. The SMILES string of the molecule is Cc1sc(NC(=O)c2ccco2)c(C(c2cccc(Br)c2)N2CCOCC2)c1C. The number of nitrogens with zero attached hydrogens (tertiary/aromatic N) is 1. The molecule has 1 amide bonds. The van der Waals surface area contributed by atoms with Gasteiger partial charge in [0.2, 0.25) is 0 Å². The van der Waals surface area contributed by atoms with Crippen LogP contribution in [0.25, 0.3) is 0 Å². The van der Waals surface area contributed by atoms with Gasteiger partial charge in [-0.2, -0.15) is 0 Å². The van der Waals surface area contributed by atoms with E-state index in [1.807, 2.05) is 6.07 Å². The van der Waals surface area contributed by atoms with Crippen molar-refractivity contribution in [2.45, 2.75) is 19.9 Å². The van der Waals surface area contributed by atoms with Crippen LogP contribution >= 0.6 is 27.3 Å². The van der Waals surface area contributed by atoms with Crippen molar-refractivity contribution in [3.8, 4) is 0 Å². The molecule has 0 saturated carbocycles. The first-order valence-corrected chi connectivity index (χ1v) is 11.2. The van der Waals surface area contributed by atoms with Crippen molar-refractivity contribution in [2.24, 2.45) is 0 Å². The van der Waals surface area contributed by atoms with Gasteiger partial charge in [0.15, 0.2) is 5.76 Å². The highest BCUT2D eigenvalue weighted by molar-refractivity contribution is 9.10. The summed E-state index contributed by atoms with van der Waals surface area (Å²) in [6, 6.07) is 11.8. The van der Waals surface area contributed by atoms with Gasteiger partial charge in [0.05, 0.1) is 25.5 Å². The number of anilines is 1. The van der Waals surface area contributed by atoms with Crippen LogP contribution in [0.1, 0.15) is 38.2 Å². The molecule has 0 aliphatic carbocycles. The molecular weight excluding hydrogens is 452 g/mol. The van der Waals surface area contributed by atoms with Crippen molar-refractivity contribution < 1.29 is 13.9 Å². The lowest BCUT2D eigenvalue weighted by Gasteiger charge is -2.35. The maximum Gasteiger partial charge on any atom is 0.291 e. The second-order valence-corrected chi connectivity index (χ2v) is 9.20. The highest BCUT2D eigenvalue weighted by Gasteiger charge is 2.30. The zero-order valence-electron chi connectivity index (χ0n) is 16.4. The van der Waals surface area contributed by atoms with Gasteiger partial charge < -0.3 is 14.5 Å². The van der Waals surface area contributed by atoms with Gasteiger partial charge in [-0.15, -0.1) is 11.3 Å². The number of benzene rings is 1. The smallest absolute Gasteiger partial charge is 0.291 e. The number of furan rings is 1. The summed E-state index contributed by atoms with van der Waals surface area (Å²) >= 11 is 5.23. The lowest BCUT2D eigenvalue weighted by Crippen LogP contribution is -2.40. The maximum atomic E-state index is 12.7. The largest absolute Gasteiger partial charge is 0.459 e. The number of amides is 1. The molecule has 0 bridgehead atoms. The highest BCUT2D eigenvalue weighted by atomic mass is 79.9. The topological polar surface area (TPSA) is 54.7 Å². The maximum absolute atomic E-state index is 12.7. The molecule has 1 fully saturated rings. The van der Waals surface area contributed by atoms with Gasteiger partial charge in [0.1, 0.15) is 5.00 Å². The van der Waals surface area contributed by atoms with Crippen LogP contribution in [0.5, 0.6) is 0 Å². The fourth-order valence-electron chi connectivity index (χ4n) is 3.71. The lowest BCUT2D eigenvalue weighted by molar-refractivity contribution is 0.0240. The first kappa shape index (κ1) is 20.3. The Labute approximate surface area is 182 Å². The van der Waals surface area contributed by atoms with Crippen molar-refractivity contribution in [1.29, 1.82) is 0 Å². The Hall–Kier alpha value is -1.93. The number of halogens is 1. The van der Waals surface area contributed by atoms with Crippen LogP contribution in [0.3, 0.4) is 0 Å². The van der Waals surface area contributed by atoms with Gasteiger partial charge in [0.25, 0.3) is 5.91 Å². The van der Waals surface area contributed by atoms with Crippen LogP contribution in [0.4, 0.5) is 5.00 Å². The molecule has 1 N–H and O–H groups in total. The summed E-state index contributed by atoms with van der Waals surface area (Å²) in [5.74, 6) is 0.0810.